The predicted molar refractivity (Wildman–Crippen MR) is 137 cm³/mol. The van der Waals surface area contributed by atoms with Crippen LogP contribution in [-0.2, 0) is 4.74 Å². The minimum absolute atomic E-state index is 0.344. The number of anilines is 2. The highest BCUT2D eigenvalue weighted by molar-refractivity contribution is 6.05. The van der Waals surface area contributed by atoms with Crippen LogP contribution in [0.4, 0.5) is 20.6 Å². The van der Waals surface area contributed by atoms with Gasteiger partial charge in [-0.15, -0.1) is 0 Å². The van der Waals surface area contributed by atoms with Gasteiger partial charge in [0.15, 0.2) is 0 Å². The molecule has 0 unspecified atom stereocenters. The van der Waals surface area contributed by atoms with E-state index in [4.69, 9.17) is 4.74 Å². The quantitative estimate of drug-likeness (QED) is 0.561. The number of carbonyl (C=O) groups is 2. The molecule has 0 aliphatic carbocycles. The van der Waals surface area contributed by atoms with Gasteiger partial charge in [-0.3, -0.25) is 4.79 Å². The smallest absolute Gasteiger partial charge is 0.410 e. The van der Waals surface area contributed by atoms with Crippen molar-refractivity contribution in [2.45, 2.75) is 33.3 Å². The van der Waals surface area contributed by atoms with Crippen molar-refractivity contribution in [2.24, 2.45) is 0 Å². The fourth-order valence-electron chi connectivity index (χ4n) is 4.11. The summed E-state index contributed by atoms with van der Waals surface area (Å²) in [5.74, 6) is -0.721. The van der Waals surface area contributed by atoms with E-state index in [-0.39, 0.29) is 17.8 Å². The van der Waals surface area contributed by atoms with Crippen molar-refractivity contribution >= 4 is 23.4 Å². The number of carbonyl (C=O) groups excluding carboxylic acids is 2. The molecule has 2 amide bonds. The molecule has 0 bridgehead atoms. The topological polar surface area (TPSA) is 103 Å². The lowest BCUT2D eigenvalue weighted by Gasteiger charge is -2.37. The fraction of sp³-hybridized carbons (Fsp3) is 0.333. The maximum atomic E-state index is 13.3. The summed E-state index contributed by atoms with van der Waals surface area (Å²) >= 11 is 0. The molecule has 1 aromatic heterocycles. The molecule has 1 fully saturated rings. The molecule has 1 aliphatic rings. The maximum Gasteiger partial charge on any atom is 0.410 e. The van der Waals surface area contributed by atoms with E-state index in [1.54, 1.807) is 46.8 Å². The summed E-state index contributed by atoms with van der Waals surface area (Å²) in [5, 5.41) is 16.9. The Morgan fingerprint density at radius 1 is 1.08 bits per heavy atom. The number of hydrogen-bond donors (Lipinski definition) is 1. The summed E-state index contributed by atoms with van der Waals surface area (Å²) in [6.45, 7) is 9.33. The second-order valence-electron chi connectivity index (χ2n) is 9.78. The van der Waals surface area contributed by atoms with Gasteiger partial charge >= 0.3 is 6.09 Å². The summed E-state index contributed by atoms with van der Waals surface area (Å²) in [4.78, 5) is 29.0. The second kappa shape index (κ2) is 10.3. The third kappa shape index (κ3) is 5.89. The molecule has 1 N–H and O–H groups in total. The fourth-order valence-corrected chi connectivity index (χ4v) is 4.11. The number of benzene rings is 2. The van der Waals surface area contributed by atoms with Crippen molar-refractivity contribution in [1.29, 1.82) is 5.26 Å². The van der Waals surface area contributed by atoms with Crippen LogP contribution in [0.2, 0.25) is 0 Å². The van der Waals surface area contributed by atoms with Gasteiger partial charge in [0, 0.05) is 31.9 Å². The first-order chi connectivity index (χ1) is 17.6. The Morgan fingerprint density at radius 2 is 1.76 bits per heavy atom. The molecular weight excluding hydrogens is 475 g/mol. The minimum atomic E-state index is -0.555. The summed E-state index contributed by atoms with van der Waals surface area (Å²) in [5.41, 5.74) is 2.69. The Kier molecular flexibility index (Phi) is 7.16. The van der Waals surface area contributed by atoms with Crippen molar-refractivity contribution in [3.05, 3.63) is 71.3 Å². The highest BCUT2D eigenvalue weighted by Gasteiger charge is 2.27. The first-order valence-corrected chi connectivity index (χ1v) is 11.9. The molecule has 37 heavy (non-hydrogen) atoms. The third-order valence-corrected chi connectivity index (χ3v) is 5.97. The Labute approximate surface area is 215 Å². The zero-order chi connectivity index (χ0) is 26.7. The van der Waals surface area contributed by atoms with Crippen molar-refractivity contribution in [1.82, 2.24) is 14.7 Å². The van der Waals surface area contributed by atoms with Crippen molar-refractivity contribution < 1.29 is 18.7 Å². The maximum absolute atomic E-state index is 13.3. The van der Waals surface area contributed by atoms with Gasteiger partial charge < -0.3 is 19.9 Å². The van der Waals surface area contributed by atoms with E-state index in [2.05, 4.69) is 16.5 Å². The number of rotatable bonds is 4. The largest absolute Gasteiger partial charge is 0.444 e. The van der Waals surface area contributed by atoms with E-state index in [1.807, 2.05) is 25.7 Å². The Balaban J connectivity index is 1.43. The van der Waals surface area contributed by atoms with Crippen molar-refractivity contribution in [3.8, 4) is 11.8 Å². The van der Waals surface area contributed by atoms with Gasteiger partial charge in [-0.25, -0.2) is 13.9 Å². The second-order valence-corrected chi connectivity index (χ2v) is 9.78. The number of nitrogens with zero attached hydrogens (tertiary/aromatic N) is 5. The van der Waals surface area contributed by atoms with E-state index in [0.29, 0.717) is 54.4 Å². The number of nitriles is 1. The number of aromatic nitrogens is 2. The molecule has 0 atom stereocenters. The van der Waals surface area contributed by atoms with E-state index >= 15 is 0 Å². The van der Waals surface area contributed by atoms with E-state index in [0.717, 1.165) is 5.69 Å². The molecule has 3 aromatic rings. The standard InChI is InChI=1S/C27H29FN6O3/c1-18-23(17-30-34(18)22-8-5-20(28)6-9-22)25(35)31-21-7-10-24(19(15-21)16-29)32-11-13-33(14-12-32)26(36)37-27(2,3)4/h5-10,15,17H,11-14H2,1-4H3,(H,31,35). The molecule has 2 aromatic carbocycles. The van der Waals surface area contributed by atoms with Gasteiger partial charge in [-0.05, 0) is 70.2 Å². The van der Waals surface area contributed by atoms with Gasteiger partial charge in [-0.2, -0.15) is 10.4 Å². The van der Waals surface area contributed by atoms with Crippen LogP contribution in [0.5, 0.6) is 0 Å². The number of halogens is 1. The summed E-state index contributed by atoms with van der Waals surface area (Å²) in [6.07, 6.45) is 1.11. The monoisotopic (exact) mass is 504 g/mol. The van der Waals surface area contributed by atoms with E-state index < -0.39 is 5.60 Å². The van der Waals surface area contributed by atoms with Crippen LogP contribution in [0, 0.1) is 24.1 Å². The molecule has 192 valence electrons. The summed E-state index contributed by atoms with van der Waals surface area (Å²) in [7, 11) is 0. The van der Waals surface area contributed by atoms with Gasteiger partial charge in [-0.1, -0.05) is 0 Å². The number of ether oxygens (including phenoxy) is 1. The lowest BCUT2D eigenvalue weighted by Crippen LogP contribution is -2.50. The normalized spacial score (nSPS) is 13.7. The molecule has 1 saturated heterocycles. The van der Waals surface area contributed by atoms with Crippen LogP contribution < -0.4 is 10.2 Å². The molecular formula is C27H29FN6O3. The molecule has 2 heterocycles. The molecule has 10 heteroatoms. The number of hydrogen-bond acceptors (Lipinski definition) is 6. The Morgan fingerprint density at radius 3 is 2.38 bits per heavy atom. The van der Waals surface area contributed by atoms with Crippen LogP contribution in [0.1, 0.15) is 42.4 Å². The van der Waals surface area contributed by atoms with E-state index in [1.165, 1.54) is 18.3 Å². The highest BCUT2D eigenvalue weighted by atomic mass is 19.1. The molecule has 9 nitrogen and oxygen atoms in total. The summed E-state index contributed by atoms with van der Waals surface area (Å²) in [6, 6.07) is 13.2. The lowest BCUT2D eigenvalue weighted by atomic mass is 10.1. The average Bonchev–Trinajstić information content (AvgIpc) is 3.25. The number of amides is 2. The third-order valence-electron chi connectivity index (χ3n) is 5.97. The van der Waals surface area contributed by atoms with Crippen molar-refractivity contribution in [3.63, 3.8) is 0 Å². The van der Waals surface area contributed by atoms with Crippen LogP contribution in [-0.4, -0.2) is 58.5 Å². The molecule has 4 rings (SSSR count). The molecule has 0 radical (unpaired) electrons. The zero-order valence-corrected chi connectivity index (χ0v) is 21.3. The minimum Gasteiger partial charge on any atom is -0.444 e. The molecule has 0 spiro atoms. The number of piperazine rings is 1. The lowest BCUT2D eigenvalue weighted by molar-refractivity contribution is 0.0240. The predicted octanol–water partition coefficient (Wildman–Crippen LogP) is 4.50. The highest BCUT2D eigenvalue weighted by Crippen LogP contribution is 2.26. The first kappa shape index (κ1) is 25.7. The Bertz CT molecular complexity index is 1350. The molecule has 1 aliphatic heterocycles. The first-order valence-electron chi connectivity index (χ1n) is 11.9. The zero-order valence-electron chi connectivity index (χ0n) is 21.3. The van der Waals surface area contributed by atoms with Crippen LogP contribution in [0.15, 0.2) is 48.7 Å². The average molecular weight is 505 g/mol. The van der Waals surface area contributed by atoms with Crippen LogP contribution in [0.25, 0.3) is 5.69 Å². The van der Waals surface area contributed by atoms with Crippen molar-refractivity contribution in [2.75, 3.05) is 36.4 Å². The van der Waals surface area contributed by atoms with Gasteiger partial charge in [0.2, 0.25) is 0 Å². The van der Waals surface area contributed by atoms with E-state index in [9.17, 15) is 19.2 Å². The van der Waals surface area contributed by atoms with Gasteiger partial charge in [0.25, 0.3) is 5.91 Å². The van der Waals surface area contributed by atoms with Crippen LogP contribution in [0.3, 0.4) is 0 Å². The van der Waals surface area contributed by atoms with Gasteiger partial charge in [0.1, 0.15) is 17.5 Å². The molecule has 0 saturated carbocycles. The number of nitrogens with one attached hydrogen (secondary N) is 1. The van der Waals surface area contributed by atoms with Gasteiger partial charge in [0.05, 0.1) is 34.4 Å². The van der Waals surface area contributed by atoms with Crippen LogP contribution >= 0.6 is 0 Å². The summed E-state index contributed by atoms with van der Waals surface area (Å²) < 4.78 is 20.3. The SMILES string of the molecule is Cc1c(C(=O)Nc2ccc(N3CCN(C(=O)OC(C)(C)C)CC3)c(C#N)c2)cnn1-c1ccc(F)cc1. The Hall–Kier alpha value is -4.39.